The monoisotopic (exact) mass is 480 g/mol. The number of hydrogen-bond acceptors (Lipinski definition) is 6. The Kier molecular flexibility index (Phi) is 7.38. The molecule has 0 spiro atoms. The minimum absolute atomic E-state index is 0.0144. The molecule has 1 aromatic heterocycles. The number of carbonyl (C=O) groups is 1. The van der Waals surface area contributed by atoms with Gasteiger partial charge in [0.15, 0.2) is 0 Å². The maximum absolute atomic E-state index is 13.3. The molecule has 3 N–H and O–H groups in total. The van der Waals surface area contributed by atoms with Crippen molar-refractivity contribution in [1.29, 1.82) is 0 Å². The maximum atomic E-state index is 13.3. The van der Waals surface area contributed by atoms with Gasteiger partial charge < -0.3 is 10.1 Å². The number of sulfonamides is 1. The van der Waals surface area contributed by atoms with Crippen molar-refractivity contribution in [3.05, 3.63) is 71.9 Å². The van der Waals surface area contributed by atoms with E-state index in [1.807, 2.05) is 36.4 Å². The summed E-state index contributed by atoms with van der Waals surface area (Å²) in [5.41, 5.74) is 3.73. The van der Waals surface area contributed by atoms with Gasteiger partial charge in [0.25, 0.3) is 5.91 Å². The van der Waals surface area contributed by atoms with E-state index in [1.165, 1.54) is 12.1 Å². The fourth-order valence-electron chi connectivity index (χ4n) is 4.03. The molecule has 1 aliphatic heterocycles. The van der Waals surface area contributed by atoms with E-state index in [9.17, 15) is 13.2 Å². The van der Waals surface area contributed by atoms with Crippen LogP contribution in [0.15, 0.2) is 65.6 Å². The summed E-state index contributed by atoms with van der Waals surface area (Å²) < 4.78 is 29.3. The van der Waals surface area contributed by atoms with Gasteiger partial charge in [-0.25, -0.2) is 13.6 Å². The van der Waals surface area contributed by atoms with Gasteiger partial charge in [0.1, 0.15) is 0 Å². The van der Waals surface area contributed by atoms with E-state index in [0.29, 0.717) is 47.8 Å². The van der Waals surface area contributed by atoms with E-state index < -0.39 is 10.0 Å². The number of nitrogens with zero attached hydrogens (tertiary/aromatic N) is 2. The molecule has 8 nitrogen and oxygen atoms in total. The van der Waals surface area contributed by atoms with Crippen LogP contribution in [0.3, 0.4) is 0 Å². The Labute approximate surface area is 199 Å². The molecule has 2 aromatic carbocycles. The number of rotatable bonds is 7. The number of nitrogens with two attached hydrogens (primary N) is 1. The Morgan fingerprint density at radius 1 is 1.06 bits per heavy atom. The second kappa shape index (κ2) is 10.4. The highest BCUT2D eigenvalue weighted by Crippen LogP contribution is 2.31. The second-order valence-electron chi connectivity index (χ2n) is 8.16. The molecule has 0 atom stereocenters. The Bertz CT molecular complexity index is 1270. The Morgan fingerprint density at radius 3 is 2.47 bits per heavy atom. The summed E-state index contributed by atoms with van der Waals surface area (Å²) in [7, 11) is -3.90. The van der Waals surface area contributed by atoms with Gasteiger partial charge in [0.2, 0.25) is 10.0 Å². The first-order valence-electron chi connectivity index (χ1n) is 11.1. The zero-order valence-electron chi connectivity index (χ0n) is 19.0. The van der Waals surface area contributed by atoms with Crippen LogP contribution in [0.5, 0.6) is 0 Å². The van der Waals surface area contributed by atoms with Gasteiger partial charge in [-0.1, -0.05) is 42.5 Å². The molecule has 4 rings (SSSR count). The quantitative estimate of drug-likeness (QED) is 0.537. The van der Waals surface area contributed by atoms with Crippen molar-refractivity contribution in [1.82, 2.24) is 15.2 Å². The SMILES string of the molecule is Cc1nc(-c2ccccc2)cc(-c2cccc(S(N)(=O)=O)c2)c1C(=O)NCCN1CCOCC1. The van der Waals surface area contributed by atoms with Gasteiger partial charge in [0, 0.05) is 31.7 Å². The lowest BCUT2D eigenvalue weighted by Crippen LogP contribution is -2.41. The number of aryl methyl sites for hydroxylation is 1. The highest BCUT2D eigenvalue weighted by molar-refractivity contribution is 7.89. The van der Waals surface area contributed by atoms with Gasteiger partial charge >= 0.3 is 0 Å². The van der Waals surface area contributed by atoms with E-state index in [1.54, 1.807) is 19.1 Å². The standard InChI is InChI=1S/C25H28N4O4S/c1-18-24(25(30)27-10-11-29-12-14-33-15-13-29)22(17-23(28-18)19-6-3-2-4-7-19)20-8-5-9-21(16-20)34(26,31)32/h2-9,16-17H,10-15H2,1H3,(H,27,30)(H2,26,31,32). The average molecular weight is 481 g/mol. The number of pyridine rings is 1. The molecule has 0 bridgehead atoms. The third-order valence-electron chi connectivity index (χ3n) is 5.79. The highest BCUT2D eigenvalue weighted by atomic mass is 32.2. The number of carbonyl (C=O) groups excluding carboxylic acids is 1. The zero-order valence-corrected chi connectivity index (χ0v) is 19.8. The Morgan fingerprint density at radius 2 is 1.76 bits per heavy atom. The molecule has 0 unspecified atom stereocenters. The van der Waals surface area contributed by atoms with E-state index in [4.69, 9.17) is 9.88 Å². The second-order valence-corrected chi connectivity index (χ2v) is 9.73. The van der Waals surface area contributed by atoms with Gasteiger partial charge in [-0.05, 0) is 36.2 Å². The summed E-state index contributed by atoms with van der Waals surface area (Å²) in [5.74, 6) is -0.256. The van der Waals surface area contributed by atoms with Crippen LogP contribution in [0.25, 0.3) is 22.4 Å². The molecule has 9 heteroatoms. The number of benzene rings is 2. The Hall–Kier alpha value is -3.11. The van der Waals surface area contributed by atoms with Gasteiger partial charge in [0.05, 0.1) is 35.1 Å². The molecule has 178 valence electrons. The largest absolute Gasteiger partial charge is 0.379 e. The van der Waals surface area contributed by atoms with Crippen molar-refractivity contribution >= 4 is 15.9 Å². The van der Waals surface area contributed by atoms with Crippen molar-refractivity contribution in [3.8, 4) is 22.4 Å². The van der Waals surface area contributed by atoms with Crippen LogP contribution in [-0.2, 0) is 14.8 Å². The van der Waals surface area contributed by atoms with Gasteiger partial charge in [-0.3, -0.25) is 14.7 Å². The van der Waals surface area contributed by atoms with E-state index >= 15 is 0 Å². The molecular weight excluding hydrogens is 452 g/mol. The molecule has 0 saturated carbocycles. The fraction of sp³-hybridized carbons (Fsp3) is 0.280. The molecule has 1 aliphatic rings. The first kappa shape index (κ1) is 24.0. The molecule has 0 aliphatic carbocycles. The molecule has 0 radical (unpaired) electrons. The van der Waals surface area contributed by atoms with Crippen molar-refractivity contribution < 1.29 is 17.9 Å². The van der Waals surface area contributed by atoms with Gasteiger partial charge in [-0.2, -0.15) is 0 Å². The summed E-state index contributed by atoms with van der Waals surface area (Å²) in [5, 5.41) is 8.35. The summed E-state index contributed by atoms with van der Waals surface area (Å²) in [6.07, 6.45) is 0. The maximum Gasteiger partial charge on any atom is 0.253 e. The number of nitrogens with one attached hydrogen (secondary N) is 1. The van der Waals surface area contributed by atoms with Crippen LogP contribution < -0.4 is 10.5 Å². The number of morpholine rings is 1. The number of ether oxygens (including phenoxy) is 1. The van der Waals surface area contributed by atoms with E-state index in [0.717, 1.165) is 25.2 Å². The van der Waals surface area contributed by atoms with Gasteiger partial charge in [-0.15, -0.1) is 0 Å². The normalized spacial score (nSPS) is 14.6. The number of primary sulfonamides is 1. The van der Waals surface area contributed by atoms with E-state index in [-0.39, 0.29) is 10.8 Å². The summed E-state index contributed by atoms with van der Waals surface area (Å²) in [4.78, 5) is 20.2. The summed E-state index contributed by atoms with van der Waals surface area (Å²) in [6, 6.07) is 17.8. The van der Waals surface area contributed by atoms with Crippen LogP contribution in [0.1, 0.15) is 16.1 Å². The minimum Gasteiger partial charge on any atom is -0.379 e. The predicted octanol–water partition coefficient (Wildman–Crippen LogP) is 2.43. The topological polar surface area (TPSA) is 115 Å². The van der Waals surface area contributed by atoms with Crippen molar-refractivity contribution in [3.63, 3.8) is 0 Å². The average Bonchev–Trinajstić information content (AvgIpc) is 2.84. The molecule has 1 amide bonds. The fourth-order valence-corrected chi connectivity index (χ4v) is 4.58. The van der Waals surface area contributed by atoms with Crippen LogP contribution >= 0.6 is 0 Å². The lowest BCUT2D eigenvalue weighted by atomic mass is 9.96. The van der Waals surface area contributed by atoms with Crippen molar-refractivity contribution in [2.45, 2.75) is 11.8 Å². The van der Waals surface area contributed by atoms with Crippen molar-refractivity contribution in [2.75, 3.05) is 39.4 Å². The molecule has 1 fully saturated rings. The summed E-state index contributed by atoms with van der Waals surface area (Å²) in [6.45, 7) is 6.07. The lowest BCUT2D eigenvalue weighted by Gasteiger charge is -2.26. The minimum atomic E-state index is -3.90. The lowest BCUT2D eigenvalue weighted by molar-refractivity contribution is 0.0383. The van der Waals surface area contributed by atoms with Crippen LogP contribution in [-0.4, -0.2) is 63.6 Å². The smallest absolute Gasteiger partial charge is 0.253 e. The number of aromatic nitrogens is 1. The highest BCUT2D eigenvalue weighted by Gasteiger charge is 2.20. The Balaban J connectivity index is 1.71. The molecule has 3 aromatic rings. The molecule has 2 heterocycles. The van der Waals surface area contributed by atoms with Crippen LogP contribution in [0, 0.1) is 6.92 Å². The van der Waals surface area contributed by atoms with Crippen LogP contribution in [0.4, 0.5) is 0 Å². The predicted molar refractivity (Wildman–Crippen MR) is 131 cm³/mol. The van der Waals surface area contributed by atoms with Crippen LogP contribution in [0.2, 0.25) is 0 Å². The summed E-state index contributed by atoms with van der Waals surface area (Å²) >= 11 is 0. The zero-order chi connectivity index (χ0) is 24.1. The van der Waals surface area contributed by atoms with E-state index in [2.05, 4.69) is 15.2 Å². The molecule has 34 heavy (non-hydrogen) atoms. The third kappa shape index (κ3) is 5.68. The number of hydrogen-bond donors (Lipinski definition) is 2. The first-order valence-corrected chi connectivity index (χ1v) is 12.7. The number of amides is 1. The third-order valence-corrected chi connectivity index (χ3v) is 6.70. The van der Waals surface area contributed by atoms with Crippen molar-refractivity contribution in [2.24, 2.45) is 5.14 Å². The first-order chi connectivity index (χ1) is 16.3. The molecule has 1 saturated heterocycles. The molecular formula is C25H28N4O4S.